The minimum Gasteiger partial charge on any atom is -0.496 e. The molecule has 1 atom stereocenters. The van der Waals surface area contributed by atoms with Crippen molar-refractivity contribution >= 4 is 21.8 Å². The molecule has 0 radical (unpaired) electrons. The number of amides is 1. The maximum Gasteiger partial charge on any atom is 0.249 e. The van der Waals surface area contributed by atoms with Gasteiger partial charge in [-0.3, -0.25) is 4.79 Å². The standard InChI is InChI=1S/C15H20BrNO3/c1-10(20-9-11-3-4-11)15(18)17-8-12-5-6-14(19-2)13(16)7-12/h5-7,10-11H,3-4,8-9H2,1-2H3,(H,17,18)/t10-/m0/s1. The molecule has 1 amide bonds. The summed E-state index contributed by atoms with van der Waals surface area (Å²) in [6, 6.07) is 5.74. The lowest BCUT2D eigenvalue weighted by atomic mass is 10.2. The summed E-state index contributed by atoms with van der Waals surface area (Å²) in [4.78, 5) is 11.9. The van der Waals surface area contributed by atoms with E-state index >= 15 is 0 Å². The van der Waals surface area contributed by atoms with Crippen LogP contribution in [0.1, 0.15) is 25.3 Å². The molecule has 0 bridgehead atoms. The van der Waals surface area contributed by atoms with Crippen molar-refractivity contribution in [3.05, 3.63) is 28.2 Å². The Bertz CT molecular complexity index is 474. The van der Waals surface area contributed by atoms with Crippen LogP contribution in [0.15, 0.2) is 22.7 Å². The van der Waals surface area contributed by atoms with E-state index in [1.54, 1.807) is 14.0 Å². The number of hydrogen-bond acceptors (Lipinski definition) is 3. The van der Waals surface area contributed by atoms with Crippen LogP contribution >= 0.6 is 15.9 Å². The zero-order chi connectivity index (χ0) is 14.5. The SMILES string of the molecule is COc1ccc(CNC(=O)[C@H](C)OCC2CC2)cc1Br. The van der Waals surface area contributed by atoms with Crippen molar-refractivity contribution in [1.82, 2.24) is 5.32 Å². The molecule has 0 aliphatic heterocycles. The number of halogens is 1. The number of ether oxygens (including phenoxy) is 2. The van der Waals surface area contributed by atoms with Crippen LogP contribution in [0.2, 0.25) is 0 Å². The number of carbonyl (C=O) groups excluding carboxylic acids is 1. The van der Waals surface area contributed by atoms with E-state index < -0.39 is 6.10 Å². The van der Waals surface area contributed by atoms with Gasteiger partial charge in [0.2, 0.25) is 5.91 Å². The van der Waals surface area contributed by atoms with Crippen molar-refractivity contribution in [2.45, 2.75) is 32.4 Å². The quantitative estimate of drug-likeness (QED) is 0.829. The van der Waals surface area contributed by atoms with Crippen LogP contribution in [-0.2, 0) is 16.1 Å². The molecule has 4 nitrogen and oxygen atoms in total. The minimum absolute atomic E-state index is 0.0717. The lowest BCUT2D eigenvalue weighted by Gasteiger charge is -2.13. The first kappa shape index (κ1) is 15.3. The summed E-state index contributed by atoms with van der Waals surface area (Å²) in [5, 5.41) is 2.88. The van der Waals surface area contributed by atoms with Gasteiger partial charge >= 0.3 is 0 Å². The molecule has 1 aromatic rings. The molecular formula is C15H20BrNO3. The average Bonchev–Trinajstić information content (AvgIpc) is 3.26. The Hall–Kier alpha value is -1.07. The third-order valence-corrected chi connectivity index (χ3v) is 3.95. The fourth-order valence-corrected chi connectivity index (χ4v) is 2.38. The Morgan fingerprint density at radius 1 is 1.50 bits per heavy atom. The van der Waals surface area contributed by atoms with Crippen LogP contribution in [0.5, 0.6) is 5.75 Å². The Morgan fingerprint density at radius 2 is 2.25 bits per heavy atom. The fraction of sp³-hybridized carbons (Fsp3) is 0.533. The Labute approximate surface area is 128 Å². The van der Waals surface area contributed by atoms with Gasteiger partial charge in [-0.05, 0) is 59.3 Å². The molecule has 0 spiro atoms. The van der Waals surface area contributed by atoms with E-state index in [2.05, 4.69) is 21.2 Å². The molecule has 2 rings (SSSR count). The zero-order valence-corrected chi connectivity index (χ0v) is 13.4. The van der Waals surface area contributed by atoms with Gasteiger partial charge in [0.25, 0.3) is 0 Å². The van der Waals surface area contributed by atoms with Gasteiger partial charge in [0.15, 0.2) is 0 Å². The van der Waals surface area contributed by atoms with Gasteiger partial charge in [0.1, 0.15) is 11.9 Å². The van der Waals surface area contributed by atoms with E-state index in [-0.39, 0.29) is 5.91 Å². The highest BCUT2D eigenvalue weighted by atomic mass is 79.9. The van der Waals surface area contributed by atoms with Crippen molar-refractivity contribution in [3.8, 4) is 5.75 Å². The summed E-state index contributed by atoms with van der Waals surface area (Å²) in [7, 11) is 1.63. The molecule has 5 heteroatoms. The normalized spacial score (nSPS) is 15.8. The summed E-state index contributed by atoms with van der Waals surface area (Å²) in [6.07, 6.45) is 2.07. The van der Waals surface area contributed by atoms with Gasteiger partial charge in [-0.15, -0.1) is 0 Å². The molecule has 1 aliphatic carbocycles. The summed E-state index contributed by atoms with van der Waals surface area (Å²) < 4.78 is 11.6. The van der Waals surface area contributed by atoms with Crippen molar-refractivity contribution in [3.63, 3.8) is 0 Å². The van der Waals surface area contributed by atoms with Gasteiger partial charge in [-0.2, -0.15) is 0 Å². The predicted molar refractivity (Wildman–Crippen MR) is 80.7 cm³/mol. The molecule has 1 N–H and O–H groups in total. The molecule has 110 valence electrons. The molecule has 20 heavy (non-hydrogen) atoms. The lowest BCUT2D eigenvalue weighted by molar-refractivity contribution is -0.132. The summed E-state index contributed by atoms with van der Waals surface area (Å²) in [5.74, 6) is 1.38. The third kappa shape index (κ3) is 4.49. The molecule has 0 unspecified atom stereocenters. The molecule has 0 heterocycles. The van der Waals surface area contributed by atoms with E-state index in [0.717, 1.165) is 15.8 Å². The lowest BCUT2D eigenvalue weighted by Crippen LogP contribution is -2.34. The second kappa shape index (κ2) is 7.09. The first-order valence-corrected chi connectivity index (χ1v) is 7.61. The Morgan fingerprint density at radius 3 is 2.85 bits per heavy atom. The summed E-state index contributed by atoms with van der Waals surface area (Å²) >= 11 is 3.43. The van der Waals surface area contributed by atoms with Gasteiger partial charge in [0.05, 0.1) is 18.2 Å². The highest BCUT2D eigenvalue weighted by molar-refractivity contribution is 9.10. The number of nitrogens with one attached hydrogen (secondary N) is 1. The molecule has 1 fully saturated rings. The monoisotopic (exact) mass is 341 g/mol. The van der Waals surface area contributed by atoms with Gasteiger partial charge < -0.3 is 14.8 Å². The van der Waals surface area contributed by atoms with Crippen LogP contribution in [0.25, 0.3) is 0 Å². The highest BCUT2D eigenvalue weighted by Gasteiger charge is 2.23. The first-order chi connectivity index (χ1) is 9.60. The van der Waals surface area contributed by atoms with E-state index in [9.17, 15) is 4.79 Å². The highest BCUT2D eigenvalue weighted by Crippen LogP contribution is 2.29. The molecule has 1 aromatic carbocycles. The summed E-state index contributed by atoms with van der Waals surface area (Å²) in [5.41, 5.74) is 1.01. The van der Waals surface area contributed by atoms with E-state index in [1.807, 2.05) is 18.2 Å². The first-order valence-electron chi connectivity index (χ1n) is 6.82. The van der Waals surface area contributed by atoms with Gasteiger partial charge in [-0.1, -0.05) is 6.07 Å². The van der Waals surface area contributed by atoms with E-state index in [4.69, 9.17) is 9.47 Å². The van der Waals surface area contributed by atoms with Crippen molar-refractivity contribution in [1.29, 1.82) is 0 Å². The smallest absolute Gasteiger partial charge is 0.249 e. The largest absolute Gasteiger partial charge is 0.496 e. The number of benzene rings is 1. The minimum atomic E-state index is -0.391. The van der Waals surface area contributed by atoms with Crippen LogP contribution < -0.4 is 10.1 Å². The van der Waals surface area contributed by atoms with Gasteiger partial charge in [-0.25, -0.2) is 0 Å². The van der Waals surface area contributed by atoms with Crippen molar-refractivity contribution < 1.29 is 14.3 Å². The number of carbonyl (C=O) groups is 1. The van der Waals surface area contributed by atoms with E-state index in [1.165, 1.54) is 12.8 Å². The molecule has 1 aliphatic rings. The Kier molecular flexibility index (Phi) is 5.43. The predicted octanol–water partition coefficient (Wildman–Crippen LogP) is 2.89. The van der Waals surface area contributed by atoms with Crippen molar-refractivity contribution in [2.24, 2.45) is 5.92 Å². The van der Waals surface area contributed by atoms with E-state index in [0.29, 0.717) is 19.1 Å². The maximum atomic E-state index is 11.9. The number of rotatable bonds is 7. The topological polar surface area (TPSA) is 47.6 Å². The van der Waals surface area contributed by atoms with Crippen LogP contribution in [0.4, 0.5) is 0 Å². The van der Waals surface area contributed by atoms with Crippen LogP contribution in [-0.4, -0.2) is 25.7 Å². The zero-order valence-electron chi connectivity index (χ0n) is 11.8. The average molecular weight is 342 g/mol. The fourth-order valence-electron chi connectivity index (χ4n) is 1.79. The Balaban J connectivity index is 1.78. The second-order valence-electron chi connectivity index (χ2n) is 5.11. The second-order valence-corrected chi connectivity index (χ2v) is 5.96. The summed E-state index contributed by atoms with van der Waals surface area (Å²) in [6.45, 7) is 2.98. The third-order valence-electron chi connectivity index (χ3n) is 3.33. The van der Waals surface area contributed by atoms with Gasteiger partial charge in [0, 0.05) is 6.54 Å². The molecule has 0 saturated heterocycles. The molecular weight excluding hydrogens is 322 g/mol. The molecule has 1 saturated carbocycles. The van der Waals surface area contributed by atoms with Crippen LogP contribution in [0.3, 0.4) is 0 Å². The maximum absolute atomic E-state index is 11.9. The molecule has 0 aromatic heterocycles. The number of methoxy groups -OCH3 is 1. The van der Waals surface area contributed by atoms with Crippen molar-refractivity contribution in [2.75, 3.05) is 13.7 Å². The number of hydrogen-bond donors (Lipinski definition) is 1. The van der Waals surface area contributed by atoms with Crippen LogP contribution in [0, 0.1) is 5.92 Å².